The molecule has 0 aromatic carbocycles. The summed E-state index contributed by atoms with van der Waals surface area (Å²) >= 11 is 0. The van der Waals surface area contributed by atoms with Crippen LogP contribution in [0.4, 0.5) is 8.78 Å². The zero-order valence-corrected chi connectivity index (χ0v) is 11.3. The minimum atomic E-state index is -2.70. The number of nitrogens with one attached hydrogen (secondary N) is 1. The molecule has 108 valence electrons. The van der Waals surface area contributed by atoms with E-state index in [9.17, 15) is 13.6 Å². The van der Waals surface area contributed by atoms with Crippen LogP contribution >= 0.6 is 0 Å². The van der Waals surface area contributed by atoms with Crippen molar-refractivity contribution in [2.45, 2.75) is 46.3 Å². The lowest BCUT2D eigenvalue weighted by atomic mass is 10.1. The highest BCUT2D eigenvalue weighted by molar-refractivity contribution is 5.79. The molecule has 0 fully saturated rings. The van der Waals surface area contributed by atoms with Gasteiger partial charge in [0, 0.05) is 17.8 Å². The van der Waals surface area contributed by atoms with E-state index in [1.807, 2.05) is 0 Å². The maximum Gasteiger partial charge on any atom is 0.333 e. The fourth-order valence-electron chi connectivity index (χ4n) is 1.79. The number of hydrogen-bond donors (Lipinski definition) is 2. The standard InChI is InChI=1S/C12H19F2N3O2/c1-7(18)4-5-15-11(19)6-10-8(2)16-17(9(10)3)12(13)14/h7,12,18H,4-6H2,1-3H3,(H,15,19). The van der Waals surface area contributed by atoms with Gasteiger partial charge in [-0.05, 0) is 27.2 Å². The number of carbonyl (C=O) groups is 1. The van der Waals surface area contributed by atoms with Crippen LogP contribution in [0.25, 0.3) is 0 Å². The van der Waals surface area contributed by atoms with E-state index in [0.717, 1.165) is 0 Å². The summed E-state index contributed by atoms with van der Waals surface area (Å²) in [5, 5.41) is 15.4. The molecular formula is C12H19F2N3O2. The van der Waals surface area contributed by atoms with Gasteiger partial charge in [0.15, 0.2) is 0 Å². The fraction of sp³-hybridized carbons (Fsp3) is 0.667. The summed E-state index contributed by atoms with van der Waals surface area (Å²) in [6.45, 7) is 2.41. The highest BCUT2D eigenvalue weighted by atomic mass is 19.3. The Morgan fingerprint density at radius 1 is 1.47 bits per heavy atom. The summed E-state index contributed by atoms with van der Waals surface area (Å²) in [6, 6.07) is 0. The van der Waals surface area contributed by atoms with Gasteiger partial charge < -0.3 is 10.4 Å². The molecule has 19 heavy (non-hydrogen) atoms. The zero-order chi connectivity index (χ0) is 14.6. The zero-order valence-electron chi connectivity index (χ0n) is 11.3. The molecule has 2 N–H and O–H groups in total. The Labute approximate surface area is 110 Å². The fourth-order valence-corrected chi connectivity index (χ4v) is 1.79. The molecule has 0 spiro atoms. The van der Waals surface area contributed by atoms with Crippen molar-refractivity contribution < 1.29 is 18.7 Å². The number of hydrogen-bond acceptors (Lipinski definition) is 3. The van der Waals surface area contributed by atoms with Crippen molar-refractivity contribution in [3.8, 4) is 0 Å². The van der Waals surface area contributed by atoms with Gasteiger partial charge in [-0.25, -0.2) is 4.68 Å². The lowest BCUT2D eigenvalue weighted by Gasteiger charge is -2.07. The van der Waals surface area contributed by atoms with E-state index in [-0.39, 0.29) is 12.3 Å². The Bertz CT molecular complexity index is 444. The number of halogens is 2. The van der Waals surface area contributed by atoms with E-state index in [1.165, 1.54) is 6.92 Å². The molecular weight excluding hydrogens is 256 g/mol. The van der Waals surface area contributed by atoms with E-state index < -0.39 is 12.7 Å². The predicted molar refractivity (Wildman–Crippen MR) is 66.0 cm³/mol. The summed E-state index contributed by atoms with van der Waals surface area (Å²) in [5.74, 6) is -0.263. The van der Waals surface area contributed by atoms with Crippen molar-refractivity contribution in [2.75, 3.05) is 6.54 Å². The number of amides is 1. The van der Waals surface area contributed by atoms with Crippen LogP contribution < -0.4 is 5.32 Å². The highest BCUT2D eigenvalue weighted by Crippen LogP contribution is 2.19. The third-order valence-electron chi connectivity index (χ3n) is 2.88. The molecule has 0 aliphatic heterocycles. The quantitative estimate of drug-likeness (QED) is 0.823. The lowest BCUT2D eigenvalue weighted by molar-refractivity contribution is -0.120. The summed E-state index contributed by atoms with van der Waals surface area (Å²) in [7, 11) is 0. The van der Waals surface area contributed by atoms with Crippen LogP contribution in [0.2, 0.25) is 0 Å². The molecule has 1 unspecified atom stereocenters. The number of alkyl halides is 2. The first-order valence-corrected chi connectivity index (χ1v) is 6.10. The van der Waals surface area contributed by atoms with E-state index >= 15 is 0 Å². The summed E-state index contributed by atoms with van der Waals surface area (Å²) < 4.78 is 25.9. The van der Waals surface area contributed by atoms with Crippen molar-refractivity contribution >= 4 is 5.91 Å². The molecule has 0 saturated heterocycles. The minimum absolute atomic E-state index is 0.0181. The van der Waals surface area contributed by atoms with Gasteiger partial charge in [0.05, 0.1) is 18.2 Å². The summed E-state index contributed by atoms with van der Waals surface area (Å²) in [6.07, 6.45) is -0.00477. The van der Waals surface area contributed by atoms with E-state index in [2.05, 4.69) is 10.4 Å². The molecule has 7 heteroatoms. The molecule has 1 aromatic heterocycles. The van der Waals surface area contributed by atoms with Crippen LogP contribution in [-0.2, 0) is 11.2 Å². The number of nitrogens with zero attached hydrogens (tertiary/aromatic N) is 2. The second-order valence-corrected chi connectivity index (χ2v) is 4.54. The molecule has 0 aliphatic rings. The average Bonchev–Trinajstić information content (AvgIpc) is 2.56. The van der Waals surface area contributed by atoms with Crippen LogP contribution in [0.1, 0.15) is 36.8 Å². The number of aliphatic hydroxyl groups is 1. The lowest BCUT2D eigenvalue weighted by Crippen LogP contribution is -2.28. The minimum Gasteiger partial charge on any atom is -0.393 e. The smallest absolute Gasteiger partial charge is 0.333 e. The average molecular weight is 275 g/mol. The van der Waals surface area contributed by atoms with E-state index in [1.54, 1.807) is 13.8 Å². The molecule has 0 saturated carbocycles. The Balaban J connectivity index is 2.64. The molecule has 1 atom stereocenters. The van der Waals surface area contributed by atoms with Crippen LogP contribution in [0.15, 0.2) is 0 Å². The topological polar surface area (TPSA) is 67.2 Å². The predicted octanol–water partition coefficient (Wildman–Crippen LogP) is 1.32. The van der Waals surface area contributed by atoms with Gasteiger partial charge in [0.1, 0.15) is 0 Å². The maximum absolute atomic E-state index is 12.6. The normalized spacial score (nSPS) is 12.8. The van der Waals surface area contributed by atoms with Gasteiger partial charge >= 0.3 is 6.55 Å². The number of aryl methyl sites for hydroxylation is 1. The second-order valence-electron chi connectivity index (χ2n) is 4.54. The third kappa shape index (κ3) is 4.27. The number of carbonyl (C=O) groups excluding carboxylic acids is 1. The van der Waals surface area contributed by atoms with Crippen LogP contribution in [0.5, 0.6) is 0 Å². The van der Waals surface area contributed by atoms with Gasteiger partial charge in [-0.2, -0.15) is 13.9 Å². The number of aromatic nitrogens is 2. The molecule has 1 rings (SSSR count). The van der Waals surface area contributed by atoms with Gasteiger partial charge in [-0.15, -0.1) is 0 Å². The Morgan fingerprint density at radius 2 is 2.11 bits per heavy atom. The van der Waals surface area contributed by atoms with Crippen LogP contribution in [-0.4, -0.2) is 33.4 Å². The second kappa shape index (κ2) is 6.60. The van der Waals surface area contributed by atoms with Gasteiger partial charge in [0.2, 0.25) is 5.91 Å². The maximum atomic E-state index is 12.6. The van der Waals surface area contributed by atoms with Crippen LogP contribution in [0, 0.1) is 13.8 Å². The van der Waals surface area contributed by atoms with Crippen molar-refractivity contribution in [3.63, 3.8) is 0 Å². The molecule has 1 heterocycles. The largest absolute Gasteiger partial charge is 0.393 e. The summed E-state index contributed by atoms with van der Waals surface area (Å²) in [5.41, 5.74) is 1.26. The third-order valence-corrected chi connectivity index (χ3v) is 2.88. The van der Waals surface area contributed by atoms with E-state index in [0.29, 0.717) is 34.6 Å². The molecule has 1 aromatic rings. The van der Waals surface area contributed by atoms with Crippen molar-refractivity contribution in [1.29, 1.82) is 0 Å². The first-order valence-electron chi connectivity index (χ1n) is 6.10. The van der Waals surface area contributed by atoms with Crippen molar-refractivity contribution in [3.05, 3.63) is 17.0 Å². The monoisotopic (exact) mass is 275 g/mol. The Morgan fingerprint density at radius 3 is 2.58 bits per heavy atom. The molecule has 0 bridgehead atoms. The van der Waals surface area contributed by atoms with Gasteiger partial charge in [0.25, 0.3) is 0 Å². The SMILES string of the molecule is Cc1nn(C(F)F)c(C)c1CC(=O)NCCC(C)O. The van der Waals surface area contributed by atoms with Crippen LogP contribution in [0.3, 0.4) is 0 Å². The Kier molecular flexibility index (Phi) is 5.41. The first-order chi connectivity index (χ1) is 8.82. The van der Waals surface area contributed by atoms with Gasteiger partial charge in [-0.3, -0.25) is 4.79 Å². The van der Waals surface area contributed by atoms with E-state index in [4.69, 9.17) is 5.11 Å². The molecule has 1 amide bonds. The van der Waals surface area contributed by atoms with Gasteiger partial charge in [-0.1, -0.05) is 0 Å². The summed E-state index contributed by atoms with van der Waals surface area (Å²) in [4.78, 5) is 11.7. The molecule has 0 radical (unpaired) electrons. The van der Waals surface area contributed by atoms with Crippen molar-refractivity contribution in [2.24, 2.45) is 0 Å². The molecule has 5 nitrogen and oxygen atoms in total. The number of rotatable bonds is 6. The number of aliphatic hydroxyl groups excluding tert-OH is 1. The van der Waals surface area contributed by atoms with Crippen molar-refractivity contribution in [1.82, 2.24) is 15.1 Å². The first kappa shape index (κ1) is 15.6. The highest BCUT2D eigenvalue weighted by Gasteiger charge is 2.18. The Hall–Kier alpha value is -1.50. The molecule has 0 aliphatic carbocycles.